The van der Waals surface area contributed by atoms with E-state index in [-0.39, 0.29) is 5.75 Å². The SMILES string of the molecule is N#CC(=Cc1ccc(Oc2ccc([N+](=O)[O-])cc2[N+](=O)[O-])cc1)c1nc2ccccc2s1. The number of nitriles is 1. The summed E-state index contributed by atoms with van der Waals surface area (Å²) in [6.07, 6.45) is 1.69. The highest BCUT2D eigenvalue weighted by molar-refractivity contribution is 7.19. The Balaban J connectivity index is 1.58. The molecule has 0 amide bonds. The third-order valence-electron chi connectivity index (χ3n) is 4.41. The standard InChI is InChI=1S/C22H12N4O5S/c23-13-15(22-24-18-3-1-2-4-21(18)32-22)11-14-5-8-17(9-6-14)31-20-10-7-16(25(27)28)12-19(20)26(29)30/h1-12H. The maximum atomic E-state index is 11.3. The topological polar surface area (TPSA) is 132 Å². The number of benzene rings is 3. The molecule has 0 saturated carbocycles. The number of non-ortho nitro benzene ring substituents is 1. The van der Waals surface area contributed by atoms with Gasteiger partial charge in [0.05, 0.1) is 31.7 Å². The summed E-state index contributed by atoms with van der Waals surface area (Å²) in [6.45, 7) is 0. The van der Waals surface area contributed by atoms with Crippen molar-refractivity contribution in [3.63, 3.8) is 0 Å². The smallest absolute Gasteiger partial charge is 0.318 e. The zero-order valence-electron chi connectivity index (χ0n) is 16.2. The summed E-state index contributed by atoms with van der Waals surface area (Å²) in [6, 6.07) is 19.5. The lowest BCUT2D eigenvalue weighted by Gasteiger charge is -2.06. The van der Waals surface area contributed by atoms with Gasteiger partial charge in [0, 0.05) is 6.07 Å². The molecule has 3 aromatic carbocycles. The van der Waals surface area contributed by atoms with E-state index in [9.17, 15) is 25.5 Å². The molecule has 4 aromatic rings. The van der Waals surface area contributed by atoms with Gasteiger partial charge in [0.1, 0.15) is 16.8 Å². The highest BCUT2D eigenvalue weighted by Gasteiger charge is 2.21. The molecule has 0 aliphatic heterocycles. The van der Waals surface area contributed by atoms with E-state index in [0.717, 1.165) is 22.3 Å². The minimum Gasteiger partial charge on any atom is -0.450 e. The molecule has 10 heteroatoms. The van der Waals surface area contributed by atoms with Gasteiger partial charge in [-0.3, -0.25) is 20.2 Å². The lowest BCUT2D eigenvalue weighted by atomic mass is 10.1. The number of allylic oxidation sites excluding steroid dienone is 1. The molecule has 9 nitrogen and oxygen atoms in total. The molecular formula is C22H12N4O5S. The summed E-state index contributed by atoms with van der Waals surface area (Å²) < 4.78 is 6.54. The lowest BCUT2D eigenvalue weighted by Crippen LogP contribution is -1.96. The van der Waals surface area contributed by atoms with Gasteiger partial charge in [-0.05, 0) is 42.0 Å². The largest absolute Gasteiger partial charge is 0.450 e. The van der Waals surface area contributed by atoms with Crippen molar-refractivity contribution >= 4 is 44.6 Å². The molecule has 0 bridgehead atoms. The van der Waals surface area contributed by atoms with Crippen LogP contribution in [-0.4, -0.2) is 14.8 Å². The van der Waals surface area contributed by atoms with E-state index in [4.69, 9.17) is 4.74 Å². The Morgan fingerprint density at radius 2 is 1.78 bits per heavy atom. The number of hydrogen-bond acceptors (Lipinski definition) is 8. The van der Waals surface area contributed by atoms with E-state index in [1.165, 1.54) is 17.4 Å². The minimum absolute atomic E-state index is 0.115. The van der Waals surface area contributed by atoms with Crippen LogP contribution in [0, 0.1) is 31.6 Å². The second-order valence-electron chi connectivity index (χ2n) is 6.49. The molecule has 0 saturated heterocycles. The molecule has 0 atom stereocenters. The summed E-state index contributed by atoms with van der Waals surface area (Å²) in [5.41, 5.74) is 1.04. The second kappa shape index (κ2) is 8.63. The average molecular weight is 444 g/mol. The number of hydrogen-bond donors (Lipinski definition) is 0. The molecule has 156 valence electrons. The predicted octanol–water partition coefficient (Wildman–Crippen LogP) is 5.97. The van der Waals surface area contributed by atoms with Crippen molar-refractivity contribution in [2.24, 2.45) is 0 Å². The van der Waals surface area contributed by atoms with E-state index < -0.39 is 21.2 Å². The first-order chi connectivity index (χ1) is 15.4. The van der Waals surface area contributed by atoms with Crippen LogP contribution in [-0.2, 0) is 0 Å². The summed E-state index contributed by atoms with van der Waals surface area (Å²) in [7, 11) is 0. The van der Waals surface area contributed by atoms with Gasteiger partial charge in [-0.15, -0.1) is 11.3 Å². The Kier molecular flexibility index (Phi) is 5.57. The van der Waals surface area contributed by atoms with E-state index >= 15 is 0 Å². The number of rotatable bonds is 6. The van der Waals surface area contributed by atoms with Crippen molar-refractivity contribution in [1.29, 1.82) is 5.26 Å². The molecule has 0 aliphatic carbocycles. The van der Waals surface area contributed by atoms with Gasteiger partial charge in [0.25, 0.3) is 5.69 Å². The minimum atomic E-state index is -0.739. The fourth-order valence-corrected chi connectivity index (χ4v) is 3.83. The monoisotopic (exact) mass is 444 g/mol. The van der Waals surface area contributed by atoms with Crippen LogP contribution >= 0.6 is 11.3 Å². The zero-order chi connectivity index (χ0) is 22.7. The van der Waals surface area contributed by atoms with Gasteiger partial charge in [0.15, 0.2) is 0 Å². The van der Waals surface area contributed by atoms with Crippen LogP contribution in [0.1, 0.15) is 10.6 Å². The van der Waals surface area contributed by atoms with Gasteiger partial charge < -0.3 is 4.74 Å². The first-order valence-corrected chi connectivity index (χ1v) is 9.95. The van der Waals surface area contributed by atoms with Gasteiger partial charge in [-0.1, -0.05) is 24.3 Å². The van der Waals surface area contributed by atoms with Crippen LogP contribution in [0.4, 0.5) is 11.4 Å². The molecule has 1 heterocycles. The first kappa shape index (κ1) is 20.6. The maximum absolute atomic E-state index is 11.3. The van der Waals surface area contributed by atoms with Crippen LogP contribution < -0.4 is 4.74 Å². The Morgan fingerprint density at radius 3 is 2.44 bits per heavy atom. The van der Waals surface area contributed by atoms with E-state index in [2.05, 4.69) is 11.1 Å². The van der Waals surface area contributed by atoms with Crippen LogP contribution in [0.2, 0.25) is 0 Å². The Hall–Kier alpha value is -4.62. The molecule has 0 N–H and O–H groups in total. The Morgan fingerprint density at radius 1 is 1.03 bits per heavy atom. The molecule has 32 heavy (non-hydrogen) atoms. The highest BCUT2D eigenvalue weighted by Crippen LogP contribution is 2.35. The molecule has 0 aliphatic rings. The highest BCUT2D eigenvalue weighted by atomic mass is 32.1. The lowest BCUT2D eigenvalue weighted by molar-refractivity contribution is -0.394. The van der Waals surface area contributed by atoms with Crippen LogP contribution in [0.25, 0.3) is 21.9 Å². The molecule has 0 unspecified atom stereocenters. The third kappa shape index (κ3) is 4.28. The van der Waals surface area contributed by atoms with Gasteiger partial charge in [0.2, 0.25) is 5.75 Å². The fraction of sp³-hybridized carbons (Fsp3) is 0. The molecule has 1 aromatic heterocycles. The Labute approximate surface area is 184 Å². The quantitative estimate of drug-likeness (QED) is 0.203. The molecule has 0 fully saturated rings. The van der Waals surface area contributed by atoms with Crippen molar-refractivity contribution in [2.45, 2.75) is 0 Å². The average Bonchev–Trinajstić information content (AvgIpc) is 3.22. The summed E-state index contributed by atoms with van der Waals surface area (Å²) >= 11 is 1.42. The number of nitro benzene ring substituents is 2. The summed E-state index contributed by atoms with van der Waals surface area (Å²) in [5.74, 6) is 0.189. The number of aromatic nitrogens is 1. The van der Waals surface area contributed by atoms with E-state index in [0.29, 0.717) is 21.9 Å². The van der Waals surface area contributed by atoms with E-state index in [1.54, 1.807) is 30.3 Å². The van der Waals surface area contributed by atoms with Crippen molar-refractivity contribution < 1.29 is 14.6 Å². The van der Waals surface area contributed by atoms with Crippen LogP contribution in [0.5, 0.6) is 11.5 Å². The van der Waals surface area contributed by atoms with Gasteiger partial charge >= 0.3 is 5.69 Å². The van der Waals surface area contributed by atoms with Crippen molar-refractivity contribution in [1.82, 2.24) is 4.98 Å². The number of para-hydroxylation sites is 1. The van der Waals surface area contributed by atoms with Crippen molar-refractivity contribution in [3.8, 4) is 17.6 Å². The molecular weight excluding hydrogens is 432 g/mol. The van der Waals surface area contributed by atoms with Crippen molar-refractivity contribution in [3.05, 3.63) is 97.5 Å². The van der Waals surface area contributed by atoms with Crippen LogP contribution in [0.15, 0.2) is 66.7 Å². The summed E-state index contributed by atoms with van der Waals surface area (Å²) in [5, 5.41) is 32.3. The normalized spacial score (nSPS) is 11.2. The third-order valence-corrected chi connectivity index (χ3v) is 5.48. The number of ether oxygens (including phenoxy) is 1. The number of nitrogens with zero attached hydrogens (tertiary/aromatic N) is 4. The predicted molar refractivity (Wildman–Crippen MR) is 119 cm³/mol. The summed E-state index contributed by atoms with van der Waals surface area (Å²) in [4.78, 5) is 25.2. The molecule has 0 radical (unpaired) electrons. The molecule has 4 rings (SSSR count). The zero-order valence-corrected chi connectivity index (χ0v) is 17.0. The maximum Gasteiger partial charge on any atom is 0.318 e. The van der Waals surface area contributed by atoms with Gasteiger partial charge in [-0.25, -0.2) is 4.98 Å². The number of fused-ring (bicyclic) bond motifs is 1. The van der Waals surface area contributed by atoms with Gasteiger partial charge in [-0.2, -0.15) is 5.26 Å². The number of thiazole rings is 1. The number of nitro groups is 2. The Bertz CT molecular complexity index is 1390. The van der Waals surface area contributed by atoms with Crippen LogP contribution in [0.3, 0.4) is 0 Å². The first-order valence-electron chi connectivity index (χ1n) is 9.13. The second-order valence-corrected chi connectivity index (χ2v) is 7.52. The van der Waals surface area contributed by atoms with Crippen molar-refractivity contribution in [2.75, 3.05) is 0 Å². The fourth-order valence-electron chi connectivity index (χ4n) is 2.90. The molecule has 0 spiro atoms. The van der Waals surface area contributed by atoms with E-state index in [1.807, 2.05) is 24.3 Å².